The van der Waals surface area contributed by atoms with Gasteiger partial charge in [-0.25, -0.2) is 14.8 Å². The van der Waals surface area contributed by atoms with Crippen molar-refractivity contribution >= 4 is 25.8 Å². The van der Waals surface area contributed by atoms with Crippen LogP contribution in [0.15, 0.2) is 6.33 Å². The van der Waals surface area contributed by atoms with Crippen molar-refractivity contribution in [3.8, 4) is 0 Å². The zero-order valence-electron chi connectivity index (χ0n) is 22.0. The summed E-state index contributed by atoms with van der Waals surface area (Å²) in [5.74, 6) is 1.72. The van der Waals surface area contributed by atoms with E-state index in [0.29, 0.717) is 12.8 Å². The lowest BCUT2D eigenvalue weighted by Gasteiger charge is -2.36. The number of nitrogens with one attached hydrogen (secondary N) is 2. The number of rotatable bonds is 10. The highest BCUT2D eigenvalue weighted by molar-refractivity contribution is 6.76. The lowest BCUT2D eigenvalue weighted by Crippen LogP contribution is -2.43. The van der Waals surface area contributed by atoms with Crippen molar-refractivity contribution < 1.29 is 14.3 Å². The summed E-state index contributed by atoms with van der Waals surface area (Å²) in [6, 6.07) is 1.69. The maximum Gasteiger partial charge on any atom is 0.410 e. The van der Waals surface area contributed by atoms with E-state index in [4.69, 9.17) is 9.47 Å². The van der Waals surface area contributed by atoms with Crippen molar-refractivity contribution in [1.82, 2.24) is 14.9 Å². The Morgan fingerprint density at radius 2 is 1.79 bits per heavy atom. The van der Waals surface area contributed by atoms with Crippen LogP contribution in [0.25, 0.3) is 0 Å². The lowest BCUT2D eigenvalue weighted by atomic mass is 9.90. The number of aromatic nitrogens is 2. The average Bonchev–Trinajstić information content (AvgIpc) is 2.71. The highest BCUT2D eigenvalue weighted by Gasteiger charge is 2.29. The Kier molecular flexibility index (Phi) is 9.96. The molecule has 0 saturated heterocycles. The van der Waals surface area contributed by atoms with Crippen molar-refractivity contribution in [2.45, 2.75) is 103 Å². The maximum atomic E-state index is 12.4. The van der Waals surface area contributed by atoms with Gasteiger partial charge in [-0.05, 0) is 58.9 Å². The number of ether oxygens (including phenoxy) is 2. The summed E-state index contributed by atoms with van der Waals surface area (Å²) in [6.45, 7) is 16.1. The van der Waals surface area contributed by atoms with Crippen LogP contribution in [0.5, 0.6) is 0 Å². The quantitative estimate of drug-likeness (QED) is 0.265. The fourth-order valence-electron chi connectivity index (χ4n) is 3.88. The molecule has 2 N–H and O–H groups in total. The zero-order chi connectivity index (χ0) is 24.6. The van der Waals surface area contributed by atoms with Gasteiger partial charge in [-0.1, -0.05) is 26.6 Å². The molecule has 0 aromatic carbocycles. The van der Waals surface area contributed by atoms with Crippen LogP contribution in [-0.4, -0.2) is 67.1 Å². The second kappa shape index (κ2) is 12.0. The van der Waals surface area contributed by atoms with Gasteiger partial charge in [0.25, 0.3) is 0 Å². The molecule has 2 rings (SSSR count). The van der Waals surface area contributed by atoms with E-state index in [1.165, 1.54) is 0 Å². The molecular formula is C24H45N5O3Si. The van der Waals surface area contributed by atoms with Crippen LogP contribution in [0.4, 0.5) is 16.4 Å². The fourth-order valence-corrected chi connectivity index (χ4v) is 4.63. The molecule has 0 unspecified atom stereocenters. The maximum absolute atomic E-state index is 12.4. The number of carbonyl (C=O) groups is 1. The summed E-state index contributed by atoms with van der Waals surface area (Å²) in [5.41, 5.74) is 0.609. The number of hydrogen-bond acceptors (Lipinski definition) is 7. The Morgan fingerprint density at radius 1 is 1.15 bits per heavy atom. The zero-order valence-corrected chi connectivity index (χ0v) is 23.0. The minimum Gasteiger partial charge on any atom is -0.444 e. The SMILES string of the molecule is CCc1c(NCOCC[Si](C)(C)C)ncnc1NC1CCC(N(C)C(=O)OC(C)(C)C)CC1. The Labute approximate surface area is 201 Å². The molecule has 0 aliphatic heterocycles. The van der Waals surface area contributed by atoms with E-state index >= 15 is 0 Å². The van der Waals surface area contributed by atoms with Crippen molar-refractivity contribution in [2.24, 2.45) is 0 Å². The van der Waals surface area contributed by atoms with Gasteiger partial charge in [-0.3, -0.25) is 0 Å². The molecule has 0 atom stereocenters. The topological polar surface area (TPSA) is 88.6 Å². The van der Waals surface area contributed by atoms with Gasteiger partial charge in [-0.2, -0.15) is 0 Å². The monoisotopic (exact) mass is 479 g/mol. The first-order valence-electron chi connectivity index (χ1n) is 12.3. The lowest BCUT2D eigenvalue weighted by molar-refractivity contribution is 0.0185. The van der Waals surface area contributed by atoms with Gasteiger partial charge in [0.1, 0.15) is 30.3 Å². The molecule has 1 aromatic rings. The van der Waals surface area contributed by atoms with Crippen LogP contribution in [0.3, 0.4) is 0 Å². The molecule has 1 amide bonds. The molecule has 33 heavy (non-hydrogen) atoms. The highest BCUT2D eigenvalue weighted by Crippen LogP contribution is 2.28. The molecule has 9 heteroatoms. The molecule has 1 aromatic heterocycles. The van der Waals surface area contributed by atoms with Crippen LogP contribution in [0, 0.1) is 0 Å². The van der Waals surface area contributed by atoms with Crippen LogP contribution >= 0.6 is 0 Å². The van der Waals surface area contributed by atoms with E-state index in [0.717, 1.165) is 62.0 Å². The molecule has 0 spiro atoms. The standard InChI is InChI=1S/C24H45N5O3Si/c1-9-20-21(27-17-31-14-15-33(6,7)8)25-16-26-22(20)28-18-10-12-19(13-11-18)29(5)23(30)32-24(2,3)4/h16,18-19H,9-15,17H2,1-8H3,(H2,25,26,27,28). The van der Waals surface area contributed by atoms with E-state index in [1.54, 1.807) is 11.2 Å². The molecule has 1 aliphatic carbocycles. The predicted molar refractivity (Wildman–Crippen MR) is 138 cm³/mol. The molecule has 0 bridgehead atoms. The third-order valence-corrected chi connectivity index (χ3v) is 7.61. The van der Waals surface area contributed by atoms with Crippen LogP contribution in [-0.2, 0) is 15.9 Å². The molecule has 1 aliphatic rings. The van der Waals surface area contributed by atoms with Gasteiger partial charge in [-0.15, -0.1) is 0 Å². The smallest absolute Gasteiger partial charge is 0.410 e. The summed E-state index contributed by atoms with van der Waals surface area (Å²) >= 11 is 0. The summed E-state index contributed by atoms with van der Waals surface area (Å²) in [5, 5.41) is 6.95. The molecule has 1 saturated carbocycles. The van der Waals surface area contributed by atoms with E-state index in [9.17, 15) is 4.79 Å². The third-order valence-electron chi connectivity index (χ3n) is 5.90. The fraction of sp³-hybridized carbons (Fsp3) is 0.792. The van der Waals surface area contributed by atoms with Gasteiger partial charge < -0.3 is 25.0 Å². The second-order valence-electron chi connectivity index (χ2n) is 11.2. The van der Waals surface area contributed by atoms with E-state index < -0.39 is 13.7 Å². The molecule has 1 fully saturated rings. The average molecular weight is 480 g/mol. The van der Waals surface area contributed by atoms with E-state index in [1.807, 2.05) is 27.8 Å². The van der Waals surface area contributed by atoms with Crippen LogP contribution < -0.4 is 10.6 Å². The minimum absolute atomic E-state index is 0.208. The number of nitrogens with zero attached hydrogens (tertiary/aromatic N) is 3. The third kappa shape index (κ3) is 9.49. The van der Waals surface area contributed by atoms with Gasteiger partial charge in [0.15, 0.2) is 0 Å². The predicted octanol–water partition coefficient (Wildman–Crippen LogP) is 5.35. The van der Waals surface area contributed by atoms with Gasteiger partial charge in [0.2, 0.25) is 0 Å². The first-order valence-corrected chi connectivity index (χ1v) is 16.0. The Hall–Kier alpha value is -1.87. The highest BCUT2D eigenvalue weighted by atomic mass is 28.3. The minimum atomic E-state index is -1.08. The van der Waals surface area contributed by atoms with Gasteiger partial charge >= 0.3 is 6.09 Å². The van der Waals surface area contributed by atoms with Crippen molar-refractivity contribution in [2.75, 3.05) is 31.0 Å². The van der Waals surface area contributed by atoms with Crippen molar-refractivity contribution in [3.63, 3.8) is 0 Å². The number of anilines is 2. The molecule has 0 radical (unpaired) electrons. The van der Waals surface area contributed by atoms with E-state index in [2.05, 4.69) is 47.2 Å². The molecule has 8 nitrogen and oxygen atoms in total. The second-order valence-corrected chi connectivity index (χ2v) is 16.8. The van der Waals surface area contributed by atoms with Gasteiger partial charge in [0, 0.05) is 39.4 Å². The number of carbonyl (C=O) groups excluding carboxylic acids is 1. The summed E-state index contributed by atoms with van der Waals surface area (Å²) in [6.07, 6.45) is 6.03. The normalized spacial score (nSPS) is 19.2. The number of amides is 1. The number of hydrogen-bond donors (Lipinski definition) is 2. The van der Waals surface area contributed by atoms with Gasteiger partial charge in [0.05, 0.1) is 0 Å². The Balaban J connectivity index is 1.87. The molecular weight excluding hydrogens is 434 g/mol. The van der Waals surface area contributed by atoms with E-state index in [-0.39, 0.29) is 12.1 Å². The largest absolute Gasteiger partial charge is 0.444 e. The summed E-state index contributed by atoms with van der Waals surface area (Å²) in [7, 11) is 0.758. The molecule has 1 heterocycles. The molecule has 188 valence electrons. The Morgan fingerprint density at radius 3 is 2.36 bits per heavy atom. The first-order chi connectivity index (χ1) is 15.4. The van der Waals surface area contributed by atoms with Crippen molar-refractivity contribution in [3.05, 3.63) is 11.9 Å². The van der Waals surface area contributed by atoms with Crippen molar-refractivity contribution in [1.29, 1.82) is 0 Å². The Bertz CT molecular complexity index is 755. The first kappa shape index (κ1) is 27.4. The summed E-state index contributed by atoms with van der Waals surface area (Å²) < 4.78 is 11.3. The summed E-state index contributed by atoms with van der Waals surface area (Å²) in [4.78, 5) is 23.1. The van der Waals surface area contributed by atoms with Crippen LogP contribution in [0.2, 0.25) is 25.7 Å². The van der Waals surface area contributed by atoms with Crippen LogP contribution in [0.1, 0.15) is 58.9 Å².